The maximum atomic E-state index is 12.7. The molecular weight excluding hydrogens is 304 g/mol. The predicted octanol–water partition coefficient (Wildman–Crippen LogP) is 1.89. The molecule has 2 fully saturated rings. The molecule has 2 N–H and O–H groups in total. The Morgan fingerprint density at radius 3 is 2.00 bits per heavy atom. The van der Waals surface area contributed by atoms with Gasteiger partial charge in [0, 0.05) is 45.7 Å². The van der Waals surface area contributed by atoms with E-state index in [1.54, 1.807) is 0 Å². The number of amides is 3. The topological polar surface area (TPSA) is 69.9 Å². The summed E-state index contributed by atoms with van der Waals surface area (Å²) in [6, 6.07) is 0.0952. The van der Waals surface area contributed by atoms with Gasteiger partial charge in [-0.25, -0.2) is 4.79 Å². The molecule has 0 spiro atoms. The second-order valence-corrected chi connectivity index (χ2v) is 7.26. The largest absolute Gasteiger partial charge is 0.339 e. The minimum atomic E-state index is 0.0174. The van der Waals surface area contributed by atoms with E-state index in [9.17, 15) is 9.59 Å². The fraction of sp³-hybridized carbons (Fsp3) is 0.889. The zero-order chi connectivity index (χ0) is 17.6. The minimum absolute atomic E-state index is 0.0174. The van der Waals surface area contributed by atoms with E-state index >= 15 is 0 Å². The third-order valence-electron chi connectivity index (χ3n) is 5.81. The number of urea groups is 1. The zero-order valence-electron chi connectivity index (χ0n) is 15.4. The molecular formula is C18H34N4O2. The van der Waals surface area contributed by atoms with Crippen LogP contribution in [0.1, 0.15) is 52.4 Å². The molecule has 2 rings (SSSR count). The van der Waals surface area contributed by atoms with Crippen LogP contribution in [0.2, 0.25) is 0 Å². The molecule has 1 aliphatic heterocycles. The fourth-order valence-electron chi connectivity index (χ4n) is 4.03. The lowest BCUT2D eigenvalue weighted by Gasteiger charge is -2.40. The molecule has 2 aliphatic rings. The average Bonchev–Trinajstić information content (AvgIpc) is 2.63. The van der Waals surface area contributed by atoms with Crippen LogP contribution >= 0.6 is 0 Å². The highest BCUT2D eigenvalue weighted by Gasteiger charge is 2.35. The van der Waals surface area contributed by atoms with Crippen molar-refractivity contribution in [2.45, 2.75) is 52.4 Å². The molecule has 0 atom stereocenters. The molecule has 0 unspecified atom stereocenters. The van der Waals surface area contributed by atoms with Crippen molar-refractivity contribution >= 4 is 11.9 Å². The van der Waals surface area contributed by atoms with Gasteiger partial charge in [0.25, 0.3) is 0 Å². The number of carbonyl (C=O) groups is 2. The van der Waals surface area contributed by atoms with Crippen LogP contribution in [-0.4, -0.2) is 72.5 Å². The number of nitrogens with zero attached hydrogens (tertiary/aromatic N) is 3. The Bertz CT molecular complexity index is 423. The summed E-state index contributed by atoms with van der Waals surface area (Å²) >= 11 is 0. The van der Waals surface area contributed by atoms with Crippen LogP contribution < -0.4 is 5.73 Å². The van der Waals surface area contributed by atoms with Gasteiger partial charge in [0.15, 0.2) is 0 Å². The molecule has 0 aromatic rings. The number of rotatable bonds is 5. The van der Waals surface area contributed by atoms with Gasteiger partial charge in [-0.2, -0.15) is 0 Å². The van der Waals surface area contributed by atoms with Crippen molar-refractivity contribution < 1.29 is 9.59 Å². The van der Waals surface area contributed by atoms with Crippen LogP contribution in [0.15, 0.2) is 0 Å². The summed E-state index contributed by atoms with van der Waals surface area (Å²) < 4.78 is 0. The second kappa shape index (κ2) is 8.70. The summed E-state index contributed by atoms with van der Waals surface area (Å²) in [7, 11) is 0. The first-order chi connectivity index (χ1) is 11.5. The van der Waals surface area contributed by atoms with Crippen molar-refractivity contribution in [3.63, 3.8) is 0 Å². The summed E-state index contributed by atoms with van der Waals surface area (Å²) in [6.07, 6.45) is 6.38. The van der Waals surface area contributed by atoms with Gasteiger partial charge in [0.05, 0.1) is 0 Å². The SMILES string of the molecule is CCN(CC)C(=O)N1CCN(C(=O)CC2(CN)CCCCC2)CC1. The second-order valence-electron chi connectivity index (χ2n) is 7.26. The quantitative estimate of drug-likeness (QED) is 0.832. The molecule has 0 bridgehead atoms. The van der Waals surface area contributed by atoms with E-state index in [1.165, 1.54) is 19.3 Å². The highest BCUT2D eigenvalue weighted by Crippen LogP contribution is 2.38. The van der Waals surface area contributed by atoms with Crippen molar-refractivity contribution in [1.82, 2.24) is 14.7 Å². The maximum Gasteiger partial charge on any atom is 0.320 e. The van der Waals surface area contributed by atoms with Crippen molar-refractivity contribution in [1.29, 1.82) is 0 Å². The third kappa shape index (κ3) is 4.41. The van der Waals surface area contributed by atoms with E-state index in [0.29, 0.717) is 39.1 Å². The van der Waals surface area contributed by atoms with Crippen molar-refractivity contribution in [3.8, 4) is 0 Å². The summed E-state index contributed by atoms with van der Waals surface area (Å²) in [5, 5.41) is 0. The first-order valence-electron chi connectivity index (χ1n) is 9.57. The smallest absolute Gasteiger partial charge is 0.320 e. The van der Waals surface area contributed by atoms with Crippen molar-refractivity contribution in [2.75, 3.05) is 45.8 Å². The molecule has 24 heavy (non-hydrogen) atoms. The molecule has 6 nitrogen and oxygen atoms in total. The van der Waals surface area contributed by atoms with Gasteiger partial charge in [-0.05, 0) is 38.6 Å². The van der Waals surface area contributed by atoms with Gasteiger partial charge in [0.2, 0.25) is 5.91 Å². The highest BCUT2D eigenvalue weighted by molar-refractivity contribution is 5.78. The Morgan fingerprint density at radius 1 is 0.958 bits per heavy atom. The molecule has 3 amide bonds. The van der Waals surface area contributed by atoms with E-state index in [2.05, 4.69) is 0 Å². The fourth-order valence-corrected chi connectivity index (χ4v) is 4.03. The molecule has 0 radical (unpaired) electrons. The first-order valence-corrected chi connectivity index (χ1v) is 9.57. The number of hydrogen-bond acceptors (Lipinski definition) is 3. The van der Waals surface area contributed by atoms with E-state index in [-0.39, 0.29) is 17.4 Å². The van der Waals surface area contributed by atoms with Crippen molar-refractivity contribution in [3.05, 3.63) is 0 Å². The Kier molecular flexibility index (Phi) is 6.90. The Balaban J connectivity index is 1.85. The molecule has 0 aromatic carbocycles. The summed E-state index contributed by atoms with van der Waals surface area (Å²) in [4.78, 5) is 30.7. The molecule has 1 saturated heterocycles. The monoisotopic (exact) mass is 338 g/mol. The number of hydrogen-bond donors (Lipinski definition) is 1. The Hall–Kier alpha value is -1.30. The summed E-state index contributed by atoms with van der Waals surface area (Å²) in [5.74, 6) is 0.220. The predicted molar refractivity (Wildman–Crippen MR) is 95.7 cm³/mol. The molecule has 1 aliphatic carbocycles. The number of nitrogens with two attached hydrogens (primary N) is 1. The summed E-state index contributed by atoms with van der Waals surface area (Å²) in [5.41, 5.74) is 6.03. The third-order valence-corrected chi connectivity index (χ3v) is 5.81. The van der Waals surface area contributed by atoms with Crippen LogP contribution in [0.25, 0.3) is 0 Å². The van der Waals surface area contributed by atoms with Crippen LogP contribution in [-0.2, 0) is 4.79 Å². The normalized spacial score (nSPS) is 20.8. The lowest BCUT2D eigenvalue weighted by Crippen LogP contribution is -2.54. The van der Waals surface area contributed by atoms with Crippen LogP contribution in [0.5, 0.6) is 0 Å². The van der Waals surface area contributed by atoms with Gasteiger partial charge in [0.1, 0.15) is 0 Å². The number of carbonyl (C=O) groups excluding carboxylic acids is 2. The van der Waals surface area contributed by atoms with Gasteiger partial charge in [-0.3, -0.25) is 4.79 Å². The maximum absolute atomic E-state index is 12.7. The van der Waals surface area contributed by atoms with Crippen LogP contribution in [0.3, 0.4) is 0 Å². The lowest BCUT2D eigenvalue weighted by molar-refractivity contribution is -0.135. The van der Waals surface area contributed by atoms with E-state index in [4.69, 9.17) is 5.73 Å². The van der Waals surface area contributed by atoms with Gasteiger partial charge in [-0.15, -0.1) is 0 Å². The van der Waals surface area contributed by atoms with Gasteiger partial charge >= 0.3 is 6.03 Å². The lowest BCUT2D eigenvalue weighted by atomic mass is 9.71. The standard InChI is InChI=1S/C18H34N4O2/c1-3-20(4-2)17(24)22-12-10-21(11-13-22)16(23)14-18(15-19)8-6-5-7-9-18/h3-15,19H2,1-2H3. The van der Waals surface area contributed by atoms with Gasteiger partial charge < -0.3 is 20.4 Å². The average molecular weight is 338 g/mol. The molecule has 1 saturated carbocycles. The molecule has 1 heterocycles. The minimum Gasteiger partial charge on any atom is -0.339 e. The molecule has 0 aromatic heterocycles. The van der Waals surface area contributed by atoms with Crippen molar-refractivity contribution in [2.24, 2.45) is 11.1 Å². The van der Waals surface area contributed by atoms with Gasteiger partial charge in [-0.1, -0.05) is 19.3 Å². The van der Waals surface area contributed by atoms with E-state index < -0.39 is 0 Å². The molecule has 138 valence electrons. The van der Waals surface area contributed by atoms with Crippen LogP contribution in [0.4, 0.5) is 4.79 Å². The Labute approximate surface area is 146 Å². The highest BCUT2D eigenvalue weighted by atomic mass is 16.2. The van der Waals surface area contributed by atoms with E-state index in [0.717, 1.165) is 25.9 Å². The summed E-state index contributed by atoms with van der Waals surface area (Å²) in [6.45, 7) is 8.63. The zero-order valence-corrected chi connectivity index (χ0v) is 15.4. The molecule has 6 heteroatoms. The number of piperazine rings is 1. The van der Waals surface area contributed by atoms with E-state index in [1.807, 2.05) is 28.5 Å². The Morgan fingerprint density at radius 2 is 1.50 bits per heavy atom. The van der Waals surface area contributed by atoms with Crippen LogP contribution in [0, 0.1) is 5.41 Å². The first kappa shape index (κ1) is 19.0.